The number of methoxy groups -OCH3 is 1. The molecule has 132 valence electrons. The SMILES string of the molecule is CCc1ccc(C2CNCCN2Cc2ncc(COC)s2)cc1.Cl. The molecule has 1 aromatic carbocycles. The minimum Gasteiger partial charge on any atom is -0.379 e. The van der Waals surface area contributed by atoms with Gasteiger partial charge in [0, 0.05) is 39.0 Å². The molecule has 3 rings (SSSR count). The average molecular weight is 368 g/mol. The van der Waals surface area contributed by atoms with Crippen LogP contribution in [0, 0.1) is 0 Å². The molecule has 1 fully saturated rings. The lowest BCUT2D eigenvalue weighted by Gasteiger charge is -2.36. The van der Waals surface area contributed by atoms with Gasteiger partial charge in [-0.3, -0.25) is 4.90 Å². The zero-order chi connectivity index (χ0) is 16.1. The van der Waals surface area contributed by atoms with Crippen molar-refractivity contribution in [3.63, 3.8) is 0 Å². The predicted molar refractivity (Wildman–Crippen MR) is 102 cm³/mol. The minimum absolute atomic E-state index is 0. The lowest BCUT2D eigenvalue weighted by Crippen LogP contribution is -2.45. The fraction of sp³-hybridized carbons (Fsp3) is 0.500. The van der Waals surface area contributed by atoms with Gasteiger partial charge >= 0.3 is 0 Å². The molecule has 0 aliphatic carbocycles. The molecular formula is C18H26ClN3OS. The Hall–Kier alpha value is -0.980. The van der Waals surface area contributed by atoms with Crippen LogP contribution in [0.25, 0.3) is 0 Å². The van der Waals surface area contributed by atoms with Crippen molar-refractivity contribution in [2.45, 2.75) is 32.5 Å². The molecule has 0 spiro atoms. The molecule has 0 radical (unpaired) electrons. The van der Waals surface area contributed by atoms with E-state index in [2.05, 4.69) is 46.4 Å². The van der Waals surface area contributed by atoms with E-state index in [0.717, 1.165) is 32.6 Å². The van der Waals surface area contributed by atoms with E-state index in [1.807, 2.05) is 6.20 Å². The van der Waals surface area contributed by atoms with E-state index in [1.54, 1.807) is 18.4 Å². The summed E-state index contributed by atoms with van der Waals surface area (Å²) in [6.45, 7) is 6.86. The summed E-state index contributed by atoms with van der Waals surface area (Å²) in [6, 6.07) is 9.48. The molecule has 1 saturated heterocycles. The number of aryl methyl sites for hydroxylation is 1. The number of hydrogen-bond acceptors (Lipinski definition) is 5. The highest BCUT2D eigenvalue weighted by atomic mass is 35.5. The quantitative estimate of drug-likeness (QED) is 0.848. The number of hydrogen-bond donors (Lipinski definition) is 1. The number of aromatic nitrogens is 1. The van der Waals surface area contributed by atoms with E-state index < -0.39 is 0 Å². The fourth-order valence-corrected chi connectivity index (χ4v) is 3.96. The van der Waals surface area contributed by atoms with Crippen molar-refractivity contribution in [3.8, 4) is 0 Å². The topological polar surface area (TPSA) is 37.4 Å². The average Bonchev–Trinajstić information content (AvgIpc) is 3.03. The molecular weight excluding hydrogens is 342 g/mol. The van der Waals surface area contributed by atoms with Crippen molar-refractivity contribution in [3.05, 3.63) is 51.5 Å². The third-order valence-corrected chi connectivity index (χ3v) is 5.31. The van der Waals surface area contributed by atoms with Crippen LogP contribution in [0.5, 0.6) is 0 Å². The predicted octanol–water partition coefficient (Wildman–Crippen LogP) is 3.42. The van der Waals surface area contributed by atoms with Crippen molar-refractivity contribution in [2.75, 3.05) is 26.7 Å². The number of thiazole rings is 1. The van der Waals surface area contributed by atoms with Gasteiger partial charge in [-0.25, -0.2) is 4.98 Å². The van der Waals surface area contributed by atoms with Gasteiger partial charge in [0.25, 0.3) is 0 Å². The van der Waals surface area contributed by atoms with E-state index in [-0.39, 0.29) is 12.4 Å². The van der Waals surface area contributed by atoms with E-state index >= 15 is 0 Å². The number of piperazine rings is 1. The number of halogens is 1. The summed E-state index contributed by atoms with van der Waals surface area (Å²) in [5.74, 6) is 0. The molecule has 24 heavy (non-hydrogen) atoms. The highest BCUT2D eigenvalue weighted by molar-refractivity contribution is 7.11. The van der Waals surface area contributed by atoms with Crippen LogP contribution >= 0.6 is 23.7 Å². The van der Waals surface area contributed by atoms with Gasteiger partial charge in [0.2, 0.25) is 0 Å². The molecule has 2 aromatic rings. The maximum absolute atomic E-state index is 5.19. The fourth-order valence-electron chi connectivity index (χ4n) is 3.04. The number of ether oxygens (including phenoxy) is 1. The summed E-state index contributed by atoms with van der Waals surface area (Å²) in [7, 11) is 1.73. The van der Waals surface area contributed by atoms with Crippen molar-refractivity contribution < 1.29 is 4.74 Å². The number of nitrogens with zero attached hydrogens (tertiary/aromatic N) is 2. The van der Waals surface area contributed by atoms with Gasteiger partial charge in [0.15, 0.2) is 0 Å². The highest BCUT2D eigenvalue weighted by Crippen LogP contribution is 2.26. The monoisotopic (exact) mass is 367 g/mol. The van der Waals surface area contributed by atoms with Gasteiger partial charge in [-0.1, -0.05) is 31.2 Å². The van der Waals surface area contributed by atoms with Crippen molar-refractivity contribution >= 4 is 23.7 Å². The molecule has 6 heteroatoms. The molecule has 1 aliphatic rings. The lowest BCUT2D eigenvalue weighted by molar-refractivity contribution is 0.153. The van der Waals surface area contributed by atoms with Crippen LogP contribution in [0.2, 0.25) is 0 Å². The van der Waals surface area contributed by atoms with Crippen molar-refractivity contribution in [2.24, 2.45) is 0 Å². The first-order valence-electron chi connectivity index (χ1n) is 8.26. The minimum atomic E-state index is 0. The van der Waals surface area contributed by atoms with Crippen LogP contribution in [0.15, 0.2) is 30.5 Å². The first-order valence-corrected chi connectivity index (χ1v) is 9.08. The maximum atomic E-state index is 5.19. The Morgan fingerprint density at radius 3 is 2.83 bits per heavy atom. The molecule has 1 N–H and O–H groups in total. The van der Waals surface area contributed by atoms with Gasteiger partial charge in [0.05, 0.1) is 18.0 Å². The van der Waals surface area contributed by atoms with E-state index in [9.17, 15) is 0 Å². The summed E-state index contributed by atoms with van der Waals surface area (Å²) in [5, 5.41) is 4.70. The zero-order valence-electron chi connectivity index (χ0n) is 14.3. The molecule has 0 bridgehead atoms. The van der Waals surface area contributed by atoms with Gasteiger partial charge in [-0.15, -0.1) is 23.7 Å². The van der Waals surface area contributed by atoms with Gasteiger partial charge in [0.1, 0.15) is 5.01 Å². The third kappa shape index (κ3) is 4.77. The largest absolute Gasteiger partial charge is 0.379 e. The van der Waals surface area contributed by atoms with Crippen LogP contribution < -0.4 is 5.32 Å². The molecule has 4 nitrogen and oxygen atoms in total. The van der Waals surface area contributed by atoms with Gasteiger partial charge in [-0.2, -0.15) is 0 Å². The van der Waals surface area contributed by atoms with Crippen LogP contribution in [-0.2, 0) is 24.3 Å². The number of nitrogens with one attached hydrogen (secondary N) is 1. The smallest absolute Gasteiger partial charge is 0.107 e. The zero-order valence-corrected chi connectivity index (χ0v) is 16.0. The van der Waals surface area contributed by atoms with Crippen LogP contribution in [0.1, 0.15) is 34.0 Å². The Bertz CT molecular complexity index is 617. The Balaban J connectivity index is 0.00000208. The van der Waals surface area contributed by atoms with E-state index in [0.29, 0.717) is 12.6 Å². The maximum Gasteiger partial charge on any atom is 0.107 e. The Morgan fingerprint density at radius 1 is 1.33 bits per heavy atom. The number of rotatable bonds is 6. The van der Waals surface area contributed by atoms with Gasteiger partial charge < -0.3 is 10.1 Å². The summed E-state index contributed by atoms with van der Waals surface area (Å²) < 4.78 is 5.19. The summed E-state index contributed by atoms with van der Waals surface area (Å²) in [5.41, 5.74) is 2.79. The van der Waals surface area contributed by atoms with E-state index in [1.165, 1.54) is 21.0 Å². The molecule has 1 atom stereocenters. The standard InChI is InChI=1S/C18H25N3OS.ClH/c1-3-14-4-6-15(7-5-14)17-11-19-8-9-21(17)12-18-20-10-16(23-18)13-22-2;/h4-7,10,17,19H,3,8-9,11-13H2,1-2H3;1H. The molecule has 1 unspecified atom stereocenters. The molecule has 0 saturated carbocycles. The first kappa shape index (κ1) is 19.3. The van der Waals surface area contributed by atoms with Crippen LogP contribution in [-0.4, -0.2) is 36.6 Å². The van der Waals surface area contributed by atoms with Crippen LogP contribution in [0.4, 0.5) is 0 Å². The van der Waals surface area contributed by atoms with Gasteiger partial charge in [-0.05, 0) is 17.5 Å². The van der Waals surface area contributed by atoms with Crippen molar-refractivity contribution in [1.82, 2.24) is 15.2 Å². The Kier molecular flexibility index (Phi) is 7.65. The lowest BCUT2D eigenvalue weighted by atomic mass is 10.0. The third-order valence-electron chi connectivity index (χ3n) is 4.35. The second-order valence-electron chi connectivity index (χ2n) is 5.94. The highest BCUT2D eigenvalue weighted by Gasteiger charge is 2.24. The Labute approximate surface area is 154 Å². The summed E-state index contributed by atoms with van der Waals surface area (Å²) >= 11 is 1.76. The molecule has 1 aromatic heterocycles. The Morgan fingerprint density at radius 2 is 2.12 bits per heavy atom. The number of benzene rings is 1. The molecule has 0 amide bonds. The first-order chi connectivity index (χ1) is 11.3. The molecule has 1 aliphatic heterocycles. The van der Waals surface area contributed by atoms with Crippen LogP contribution in [0.3, 0.4) is 0 Å². The summed E-state index contributed by atoms with van der Waals surface area (Å²) in [6.07, 6.45) is 3.03. The normalized spacial score (nSPS) is 18.3. The second kappa shape index (κ2) is 9.49. The van der Waals surface area contributed by atoms with Crippen molar-refractivity contribution in [1.29, 1.82) is 0 Å². The van der Waals surface area contributed by atoms with E-state index in [4.69, 9.17) is 4.74 Å². The second-order valence-corrected chi connectivity index (χ2v) is 7.14. The molecule has 2 heterocycles. The summed E-state index contributed by atoms with van der Waals surface area (Å²) in [4.78, 5) is 8.29.